The van der Waals surface area contributed by atoms with E-state index in [1.54, 1.807) is 48.6 Å². The molecule has 4 aromatic heterocycles. The van der Waals surface area contributed by atoms with E-state index in [4.69, 9.17) is 4.42 Å². The molecule has 1 amide bonds. The SMILES string of the molecule is Cc1nc(-c2ccco2)sc1C(=O)Nc1cc(-n2ccnc2)ncn1. The molecule has 0 aromatic carbocycles. The number of furan rings is 1. The molecule has 0 fully saturated rings. The Morgan fingerprint density at radius 1 is 1.36 bits per heavy atom. The highest BCUT2D eigenvalue weighted by Crippen LogP contribution is 2.28. The van der Waals surface area contributed by atoms with Crippen molar-refractivity contribution < 1.29 is 9.21 Å². The molecule has 124 valence electrons. The van der Waals surface area contributed by atoms with Gasteiger partial charge in [0.25, 0.3) is 5.91 Å². The van der Waals surface area contributed by atoms with Crippen LogP contribution in [0, 0.1) is 6.92 Å². The van der Waals surface area contributed by atoms with E-state index in [2.05, 4.69) is 25.3 Å². The molecule has 0 saturated heterocycles. The van der Waals surface area contributed by atoms with E-state index in [1.807, 2.05) is 6.07 Å². The number of thiazole rings is 1. The lowest BCUT2D eigenvalue weighted by Gasteiger charge is -2.05. The summed E-state index contributed by atoms with van der Waals surface area (Å²) in [6.45, 7) is 1.79. The number of anilines is 1. The van der Waals surface area contributed by atoms with Gasteiger partial charge in [0.1, 0.15) is 29.2 Å². The Morgan fingerprint density at radius 2 is 2.28 bits per heavy atom. The van der Waals surface area contributed by atoms with Crippen molar-refractivity contribution in [3.63, 3.8) is 0 Å². The molecule has 0 unspecified atom stereocenters. The van der Waals surface area contributed by atoms with E-state index >= 15 is 0 Å². The van der Waals surface area contributed by atoms with Gasteiger partial charge >= 0.3 is 0 Å². The smallest absolute Gasteiger partial charge is 0.268 e. The zero-order chi connectivity index (χ0) is 17.2. The van der Waals surface area contributed by atoms with Gasteiger partial charge in [-0.3, -0.25) is 9.36 Å². The number of imidazole rings is 1. The molecule has 9 heteroatoms. The lowest BCUT2D eigenvalue weighted by atomic mass is 10.3. The Balaban J connectivity index is 1.58. The first-order valence-corrected chi connectivity index (χ1v) is 8.15. The van der Waals surface area contributed by atoms with Crippen LogP contribution >= 0.6 is 11.3 Å². The van der Waals surface area contributed by atoms with E-state index in [1.165, 1.54) is 17.7 Å². The number of amides is 1. The lowest BCUT2D eigenvalue weighted by molar-refractivity contribution is 0.102. The number of carbonyl (C=O) groups is 1. The largest absolute Gasteiger partial charge is 0.462 e. The molecule has 25 heavy (non-hydrogen) atoms. The highest BCUT2D eigenvalue weighted by molar-refractivity contribution is 7.17. The van der Waals surface area contributed by atoms with E-state index in [9.17, 15) is 4.79 Å². The fraction of sp³-hybridized carbons (Fsp3) is 0.0625. The van der Waals surface area contributed by atoms with E-state index in [0.29, 0.717) is 33.0 Å². The minimum atomic E-state index is -0.275. The fourth-order valence-corrected chi connectivity index (χ4v) is 3.17. The number of hydrogen-bond donors (Lipinski definition) is 1. The van der Waals surface area contributed by atoms with Crippen LogP contribution in [0.4, 0.5) is 5.82 Å². The van der Waals surface area contributed by atoms with Crippen LogP contribution in [0.3, 0.4) is 0 Å². The van der Waals surface area contributed by atoms with Crippen LogP contribution in [0.25, 0.3) is 16.6 Å². The van der Waals surface area contributed by atoms with Gasteiger partial charge < -0.3 is 9.73 Å². The van der Waals surface area contributed by atoms with Gasteiger partial charge in [-0.05, 0) is 19.1 Å². The number of aromatic nitrogens is 5. The standard InChI is InChI=1S/C16H12N6O2S/c1-10-14(25-16(20-10)11-3-2-6-24-11)15(23)21-12-7-13(19-8-18-12)22-5-4-17-9-22/h2-9H,1H3,(H,18,19,21,23). The number of nitrogens with zero attached hydrogens (tertiary/aromatic N) is 5. The number of hydrogen-bond acceptors (Lipinski definition) is 7. The summed E-state index contributed by atoms with van der Waals surface area (Å²) in [5, 5.41) is 3.44. The number of nitrogens with one attached hydrogen (secondary N) is 1. The van der Waals surface area contributed by atoms with Gasteiger partial charge in [-0.1, -0.05) is 0 Å². The maximum absolute atomic E-state index is 12.6. The van der Waals surface area contributed by atoms with Crippen molar-refractivity contribution in [2.24, 2.45) is 0 Å². The van der Waals surface area contributed by atoms with E-state index < -0.39 is 0 Å². The number of aryl methyl sites for hydroxylation is 1. The lowest BCUT2D eigenvalue weighted by Crippen LogP contribution is -2.13. The highest BCUT2D eigenvalue weighted by atomic mass is 32.1. The van der Waals surface area contributed by atoms with Gasteiger partial charge in [0.2, 0.25) is 0 Å². The molecule has 4 heterocycles. The average Bonchev–Trinajstić information content (AvgIpc) is 3.36. The Hall–Kier alpha value is -3.33. The molecule has 4 aromatic rings. The third kappa shape index (κ3) is 3.04. The molecule has 1 N–H and O–H groups in total. The summed E-state index contributed by atoms with van der Waals surface area (Å²) < 4.78 is 7.06. The van der Waals surface area contributed by atoms with Gasteiger partial charge in [-0.25, -0.2) is 19.9 Å². The molecule has 8 nitrogen and oxygen atoms in total. The second-order valence-electron chi connectivity index (χ2n) is 5.10. The normalized spacial score (nSPS) is 10.8. The summed E-state index contributed by atoms with van der Waals surface area (Å²) in [5.41, 5.74) is 0.637. The Morgan fingerprint density at radius 3 is 3.04 bits per heavy atom. The predicted octanol–water partition coefficient (Wildman–Crippen LogP) is 2.94. The van der Waals surface area contributed by atoms with Crippen molar-refractivity contribution in [3.8, 4) is 16.6 Å². The van der Waals surface area contributed by atoms with Crippen molar-refractivity contribution in [1.82, 2.24) is 24.5 Å². The first-order valence-electron chi connectivity index (χ1n) is 7.34. The molecule has 0 aliphatic carbocycles. The maximum Gasteiger partial charge on any atom is 0.268 e. The molecule has 0 saturated carbocycles. The maximum atomic E-state index is 12.6. The molecule has 0 spiro atoms. The summed E-state index contributed by atoms with van der Waals surface area (Å²) in [6.07, 6.45) is 7.99. The average molecular weight is 352 g/mol. The highest BCUT2D eigenvalue weighted by Gasteiger charge is 2.18. The predicted molar refractivity (Wildman–Crippen MR) is 91.7 cm³/mol. The van der Waals surface area contributed by atoms with Gasteiger partial charge in [-0.15, -0.1) is 11.3 Å². The third-order valence-corrected chi connectivity index (χ3v) is 4.57. The van der Waals surface area contributed by atoms with Crippen LogP contribution < -0.4 is 5.32 Å². The van der Waals surface area contributed by atoms with Gasteiger partial charge in [-0.2, -0.15) is 0 Å². The van der Waals surface area contributed by atoms with Crippen molar-refractivity contribution in [2.75, 3.05) is 5.32 Å². The van der Waals surface area contributed by atoms with Crippen molar-refractivity contribution in [3.05, 3.63) is 60.1 Å². The monoisotopic (exact) mass is 352 g/mol. The Bertz CT molecular complexity index is 1010. The summed E-state index contributed by atoms with van der Waals surface area (Å²) in [4.78, 5) is 29.7. The molecular weight excluding hydrogens is 340 g/mol. The fourth-order valence-electron chi connectivity index (χ4n) is 2.24. The summed E-state index contributed by atoms with van der Waals surface area (Å²) >= 11 is 1.27. The first-order chi connectivity index (χ1) is 12.2. The van der Waals surface area contributed by atoms with Gasteiger partial charge in [0, 0.05) is 18.5 Å². The molecular formula is C16H12N6O2S. The zero-order valence-corrected chi connectivity index (χ0v) is 13.9. The third-order valence-electron chi connectivity index (χ3n) is 3.40. The molecule has 0 atom stereocenters. The zero-order valence-electron chi connectivity index (χ0n) is 13.1. The summed E-state index contributed by atoms with van der Waals surface area (Å²) in [6, 6.07) is 5.26. The Kier molecular flexibility index (Phi) is 3.82. The van der Waals surface area contributed by atoms with E-state index in [0.717, 1.165) is 0 Å². The second-order valence-corrected chi connectivity index (χ2v) is 6.10. The van der Waals surface area contributed by atoms with Gasteiger partial charge in [0.05, 0.1) is 12.0 Å². The Labute approximate surface area is 146 Å². The van der Waals surface area contributed by atoms with Crippen molar-refractivity contribution in [1.29, 1.82) is 0 Å². The molecule has 0 aliphatic rings. The molecule has 4 rings (SSSR count). The number of carbonyl (C=O) groups excluding carboxylic acids is 1. The van der Waals surface area contributed by atoms with Crippen LogP contribution in [0.15, 0.2) is 53.9 Å². The van der Waals surface area contributed by atoms with Crippen LogP contribution in [0.5, 0.6) is 0 Å². The first kappa shape index (κ1) is 15.2. The van der Waals surface area contributed by atoms with Crippen LogP contribution in [-0.2, 0) is 0 Å². The van der Waals surface area contributed by atoms with Crippen LogP contribution in [0.2, 0.25) is 0 Å². The minimum Gasteiger partial charge on any atom is -0.462 e. The molecule has 0 radical (unpaired) electrons. The summed E-state index contributed by atoms with van der Waals surface area (Å²) in [5.74, 6) is 1.37. The van der Waals surface area contributed by atoms with Gasteiger partial charge in [0.15, 0.2) is 10.8 Å². The molecule has 0 aliphatic heterocycles. The minimum absolute atomic E-state index is 0.275. The second kappa shape index (κ2) is 6.29. The quantitative estimate of drug-likeness (QED) is 0.606. The topological polar surface area (TPSA) is 98.7 Å². The summed E-state index contributed by atoms with van der Waals surface area (Å²) in [7, 11) is 0. The number of rotatable bonds is 4. The molecule has 0 bridgehead atoms. The van der Waals surface area contributed by atoms with E-state index in [-0.39, 0.29) is 5.91 Å². The van der Waals surface area contributed by atoms with Crippen molar-refractivity contribution >= 4 is 23.1 Å². The van der Waals surface area contributed by atoms with Crippen LogP contribution in [-0.4, -0.2) is 30.4 Å². The van der Waals surface area contributed by atoms with Crippen molar-refractivity contribution in [2.45, 2.75) is 6.92 Å². The van der Waals surface area contributed by atoms with Crippen LogP contribution in [0.1, 0.15) is 15.4 Å².